The number of aliphatic hydroxyl groups is 1. The molecule has 0 saturated carbocycles. The van der Waals surface area contributed by atoms with E-state index in [-0.39, 0.29) is 6.61 Å². The lowest BCUT2D eigenvalue weighted by atomic mass is 9.99. The fourth-order valence-corrected chi connectivity index (χ4v) is 1.74. The Bertz CT molecular complexity index is 377. The van der Waals surface area contributed by atoms with Crippen LogP contribution in [0.3, 0.4) is 0 Å². The molecule has 16 heavy (non-hydrogen) atoms. The maximum Gasteiger partial charge on any atom is 0.127 e. The summed E-state index contributed by atoms with van der Waals surface area (Å²) in [6.07, 6.45) is 0. The minimum absolute atomic E-state index is 0.123. The van der Waals surface area contributed by atoms with E-state index in [9.17, 15) is 0 Å². The van der Waals surface area contributed by atoms with Crippen molar-refractivity contribution in [2.75, 3.05) is 20.8 Å². The van der Waals surface area contributed by atoms with Crippen LogP contribution in [0.15, 0.2) is 6.07 Å². The van der Waals surface area contributed by atoms with Crippen LogP contribution >= 0.6 is 0 Å². The molecule has 90 valence electrons. The molecule has 1 aromatic carbocycles. The molecule has 1 atom stereocenters. The summed E-state index contributed by atoms with van der Waals surface area (Å²) in [4.78, 5) is 0. The van der Waals surface area contributed by atoms with Crippen molar-refractivity contribution in [3.8, 4) is 11.5 Å². The van der Waals surface area contributed by atoms with Gasteiger partial charge in [-0.2, -0.15) is 0 Å². The topological polar surface area (TPSA) is 64.7 Å². The lowest BCUT2D eigenvalue weighted by molar-refractivity contribution is 0.264. The molecule has 0 heterocycles. The maximum absolute atomic E-state index is 9.11. The van der Waals surface area contributed by atoms with Gasteiger partial charge in [0.1, 0.15) is 11.5 Å². The molecule has 4 nitrogen and oxygen atoms in total. The minimum Gasteiger partial charge on any atom is -0.496 e. The molecule has 4 heteroatoms. The van der Waals surface area contributed by atoms with E-state index >= 15 is 0 Å². The van der Waals surface area contributed by atoms with Gasteiger partial charge in [0.05, 0.1) is 26.9 Å². The fourth-order valence-electron chi connectivity index (χ4n) is 1.74. The van der Waals surface area contributed by atoms with Crippen molar-refractivity contribution in [3.63, 3.8) is 0 Å². The van der Waals surface area contributed by atoms with Gasteiger partial charge >= 0.3 is 0 Å². The third kappa shape index (κ3) is 2.13. The first-order valence-corrected chi connectivity index (χ1v) is 5.15. The Hall–Kier alpha value is -1.26. The summed E-state index contributed by atoms with van der Waals surface area (Å²) in [5, 5.41) is 9.11. The number of ether oxygens (including phenoxy) is 2. The molecule has 0 bridgehead atoms. The second-order valence-corrected chi connectivity index (χ2v) is 3.74. The van der Waals surface area contributed by atoms with E-state index in [1.54, 1.807) is 14.2 Å². The molecule has 0 aliphatic rings. The quantitative estimate of drug-likeness (QED) is 0.811. The summed E-state index contributed by atoms with van der Waals surface area (Å²) in [5.74, 6) is 1.48. The fraction of sp³-hybridized carbons (Fsp3) is 0.500. The molecule has 0 amide bonds. The highest BCUT2D eigenvalue weighted by molar-refractivity contribution is 5.53. The van der Waals surface area contributed by atoms with Gasteiger partial charge in [0.15, 0.2) is 0 Å². The number of benzene rings is 1. The Balaban J connectivity index is 3.40. The highest BCUT2D eigenvalue weighted by atomic mass is 16.5. The Morgan fingerprint density at radius 3 is 2.31 bits per heavy atom. The monoisotopic (exact) mass is 225 g/mol. The van der Waals surface area contributed by atoms with E-state index in [2.05, 4.69) is 0 Å². The Labute approximate surface area is 96.0 Å². The van der Waals surface area contributed by atoms with Gasteiger partial charge in [-0.25, -0.2) is 0 Å². The van der Waals surface area contributed by atoms with Crippen molar-refractivity contribution in [1.29, 1.82) is 0 Å². The number of methoxy groups -OCH3 is 2. The van der Waals surface area contributed by atoms with Crippen LogP contribution < -0.4 is 15.2 Å². The molecule has 0 aromatic heterocycles. The second kappa shape index (κ2) is 5.18. The molecular weight excluding hydrogens is 206 g/mol. The van der Waals surface area contributed by atoms with Crippen molar-refractivity contribution < 1.29 is 14.6 Å². The zero-order valence-electron chi connectivity index (χ0n) is 10.2. The van der Waals surface area contributed by atoms with Gasteiger partial charge in [-0.05, 0) is 31.0 Å². The van der Waals surface area contributed by atoms with E-state index in [0.29, 0.717) is 0 Å². The van der Waals surface area contributed by atoms with Gasteiger partial charge < -0.3 is 20.3 Å². The summed E-state index contributed by atoms with van der Waals surface area (Å²) >= 11 is 0. The lowest BCUT2D eigenvalue weighted by Gasteiger charge is -2.19. The lowest BCUT2D eigenvalue weighted by Crippen LogP contribution is -2.16. The first-order valence-electron chi connectivity index (χ1n) is 5.15. The van der Waals surface area contributed by atoms with Crippen molar-refractivity contribution >= 4 is 0 Å². The first kappa shape index (κ1) is 12.8. The number of hydrogen-bond donors (Lipinski definition) is 2. The van der Waals surface area contributed by atoms with Crippen molar-refractivity contribution in [2.24, 2.45) is 5.73 Å². The van der Waals surface area contributed by atoms with Gasteiger partial charge in [0, 0.05) is 5.56 Å². The summed E-state index contributed by atoms with van der Waals surface area (Å²) in [6.45, 7) is 3.79. The van der Waals surface area contributed by atoms with Crippen LogP contribution in [0, 0.1) is 13.8 Å². The standard InChI is InChI=1S/C12H19NO3/c1-7-8(2)12(16-4)9(10(13)6-14)5-11(7)15-3/h5,10,14H,6,13H2,1-4H3. The predicted molar refractivity (Wildman–Crippen MR) is 63.0 cm³/mol. The van der Waals surface area contributed by atoms with Crippen LogP contribution in [-0.2, 0) is 0 Å². The average Bonchev–Trinajstić information content (AvgIpc) is 2.31. The molecule has 1 aromatic rings. The maximum atomic E-state index is 9.11. The SMILES string of the molecule is COc1cc(C(N)CO)c(OC)c(C)c1C. The number of hydrogen-bond acceptors (Lipinski definition) is 4. The molecular formula is C12H19NO3. The van der Waals surface area contributed by atoms with E-state index in [4.69, 9.17) is 20.3 Å². The van der Waals surface area contributed by atoms with Gasteiger partial charge in [0.25, 0.3) is 0 Å². The summed E-state index contributed by atoms with van der Waals surface area (Å²) in [6, 6.07) is 1.37. The van der Waals surface area contributed by atoms with Gasteiger partial charge in [0.2, 0.25) is 0 Å². The normalized spacial score (nSPS) is 12.4. The summed E-state index contributed by atoms with van der Waals surface area (Å²) in [5.41, 5.74) is 8.60. The molecule has 1 unspecified atom stereocenters. The van der Waals surface area contributed by atoms with E-state index in [1.165, 1.54) is 0 Å². The van der Waals surface area contributed by atoms with Crippen LogP contribution in [0.4, 0.5) is 0 Å². The van der Waals surface area contributed by atoms with Gasteiger partial charge in [-0.15, -0.1) is 0 Å². The second-order valence-electron chi connectivity index (χ2n) is 3.74. The third-order valence-corrected chi connectivity index (χ3v) is 2.84. The highest BCUT2D eigenvalue weighted by Crippen LogP contribution is 2.35. The predicted octanol–water partition coefficient (Wildman–Crippen LogP) is 1.31. The van der Waals surface area contributed by atoms with Crippen LogP contribution in [0.1, 0.15) is 22.7 Å². The van der Waals surface area contributed by atoms with Crippen LogP contribution in [0.2, 0.25) is 0 Å². The van der Waals surface area contributed by atoms with Gasteiger partial charge in [-0.1, -0.05) is 0 Å². The van der Waals surface area contributed by atoms with Crippen molar-refractivity contribution in [2.45, 2.75) is 19.9 Å². The zero-order chi connectivity index (χ0) is 12.3. The van der Waals surface area contributed by atoms with E-state index in [0.717, 1.165) is 28.2 Å². The first-order chi connectivity index (χ1) is 7.56. The van der Waals surface area contributed by atoms with E-state index in [1.807, 2.05) is 19.9 Å². The van der Waals surface area contributed by atoms with Crippen molar-refractivity contribution in [3.05, 3.63) is 22.8 Å². The third-order valence-electron chi connectivity index (χ3n) is 2.84. The number of nitrogens with two attached hydrogens (primary N) is 1. The molecule has 0 fully saturated rings. The van der Waals surface area contributed by atoms with Crippen LogP contribution in [0.5, 0.6) is 11.5 Å². The molecule has 0 aliphatic heterocycles. The molecule has 1 rings (SSSR count). The average molecular weight is 225 g/mol. The summed E-state index contributed by atoms with van der Waals surface area (Å²) in [7, 11) is 3.21. The Morgan fingerprint density at radius 1 is 1.25 bits per heavy atom. The van der Waals surface area contributed by atoms with Gasteiger partial charge in [-0.3, -0.25) is 0 Å². The number of rotatable bonds is 4. The highest BCUT2D eigenvalue weighted by Gasteiger charge is 2.17. The molecule has 0 saturated heterocycles. The minimum atomic E-state index is -0.455. The summed E-state index contributed by atoms with van der Waals surface area (Å²) < 4.78 is 10.6. The smallest absolute Gasteiger partial charge is 0.127 e. The Morgan fingerprint density at radius 2 is 1.88 bits per heavy atom. The molecule has 0 radical (unpaired) electrons. The number of aliphatic hydroxyl groups excluding tert-OH is 1. The molecule has 0 spiro atoms. The largest absolute Gasteiger partial charge is 0.496 e. The van der Waals surface area contributed by atoms with E-state index < -0.39 is 6.04 Å². The van der Waals surface area contributed by atoms with Crippen molar-refractivity contribution in [1.82, 2.24) is 0 Å². The Kier molecular flexibility index (Phi) is 4.15. The van der Waals surface area contributed by atoms with Crippen LogP contribution in [0.25, 0.3) is 0 Å². The molecule has 0 aliphatic carbocycles. The van der Waals surface area contributed by atoms with Crippen LogP contribution in [-0.4, -0.2) is 25.9 Å². The zero-order valence-corrected chi connectivity index (χ0v) is 10.2. The molecule has 3 N–H and O–H groups in total.